The molecule has 1 N–H and O–H groups in total. The quantitative estimate of drug-likeness (QED) is 0.458. The summed E-state index contributed by atoms with van der Waals surface area (Å²) in [5, 5.41) is 23.6. The van der Waals surface area contributed by atoms with E-state index >= 15 is 0 Å². The third-order valence-corrected chi connectivity index (χ3v) is 2.61. The first-order valence-corrected chi connectivity index (χ1v) is 4.88. The Kier molecular flexibility index (Phi) is 3.48. The SMILES string of the molecule is CC(CO)Sc1nn(C)cc1[N+](=O)[O-]. The lowest BCUT2D eigenvalue weighted by Gasteiger charge is -2.02. The zero-order valence-corrected chi connectivity index (χ0v) is 8.69. The van der Waals surface area contributed by atoms with Gasteiger partial charge in [-0.3, -0.25) is 14.8 Å². The average Bonchev–Trinajstić information content (AvgIpc) is 2.46. The summed E-state index contributed by atoms with van der Waals surface area (Å²) in [4.78, 5) is 10.1. The molecule has 0 amide bonds. The minimum atomic E-state index is -0.473. The van der Waals surface area contributed by atoms with E-state index in [1.807, 2.05) is 0 Å². The highest BCUT2D eigenvalue weighted by Crippen LogP contribution is 2.29. The van der Waals surface area contributed by atoms with Crippen LogP contribution in [0, 0.1) is 10.1 Å². The number of hydrogen-bond acceptors (Lipinski definition) is 5. The number of nitrogens with zero attached hydrogens (tertiary/aromatic N) is 3. The average molecular weight is 217 g/mol. The van der Waals surface area contributed by atoms with Gasteiger partial charge in [-0.1, -0.05) is 18.7 Å². The highest BCUT2D eigenvalue weighted by atomic mass is 32.2. The van der Waals surface area contributed by atoms with Crippen LogP contribution in [0.15, 0.2) is 11.2 Å². The Balaban J connectivity index is 2.89. The number of aliphatic hydroxyl groups is 1. The van der Waals surface area contributed by atoms with E-state index < -0.39 is 4.92 Å². The molecule has 7 heteroatoms. The van der Waals surface area contributed by atoms with E-state index in [0.717, 1.165) is 0 Å². The van der Waals surface area contributed by atoms with Gasteiger partial charge >= 0.3 is 5.69 Å². The first kappa shape index (κ1) is 11.0. The Morgan fingerprint density at radius 3 is 3.00 bits per heavy atom. The minimum Gasteiger partial charge on any atom is -0.395 e. The summed E-state index contributed by atoms with van der Waals surface area (Å²) in [6.45, 7) is 1.75. The van der Waals surface area contributed by atoms with Crippen LogP contribution in [-0.2, 0) is 7.05 Å². The fourth-order valence-corrected chi connectivity index (χ4v) is 1.77. The molecule has 6 nitrogen and oxygen atoms in total. The van der Waals surface area contributed by atoms with E-state index in [9.17, 15) is 10.1 Å². The first-order valence-electron chi connectivity index (χ1n) is 4.00. The Morgan fingerprint density at radius 2 is 2.50 bits per heavy atom. The summed E-state index contributed by atoms with van der Waals surface area (Å²) in [7, 11) is 1.63. The van der Waals surface area contributed by atoms with Gasteiger partial charge in [0, 0.05) is 12.3 Å². The van der Waals surface area contributed by atoms with Crippen LogP contribution in [0.5, 0.6) is 0 Å². The number of thioether (sulfide) groups is 1. The van der Waals surface area contributed by atoms with Crippen molar-refractivity contribution < 1.29 is 10.0 Å². The predicted molar refractivity (Wildman–Crippen MR) is 52.3 cm³/mol. The first-order chi connectivity index (χ1) is 6.54. The lowest BCUT2D eigenvalue weighted by molar-refractivity contribution is -0.387. The summed E-state index contributed by atoms with van der Waals surface area (Å²) in [6.07, 6.45) is 1.35. The van der Waals surface area contributed by atoms with Crippen LogP contribution in [-0.4, -0.2) is 31.7 Å². The number of aryl methyl sites for hydroxylation is 1. The van der Waals surface area contributed by atoms with Crippen LogP contribution in [0.1, 0.15) is 6.92 Å². The van der Waals surface area contributed by atoms with Gasteiger partial charge in [0.15, 0.2) is 5.03 Å². The highest BCUT2D eigenvalue weighted by Gasteiger charge is 2.20. The molecule has 0 aliphatic carbocycles. The Labute approximate surface area is 85.1 Å². The van der Waals surface area contributed by atoms with Crippen molar-refractivity contribution in [3.8, 4) is 0 Å². The van der Waals surface area contributed by atoms with Gasteiger partial charge in [0.05, 0.1) is 11.5 Å². The molecule has 78 valence electrons. The molecule has 0 saturated carbocycles. The lowest BCUT2D eigenvalue weighted by Crippen LogP contribution is -2.02. The van der Waals surface area contributed by atoms with Gasteiger partial charge in [-0.2, -0.15) is 5.10 Å². The molecule has 0 spiro atoms. The second-order valence-electron chi connectivity index (χ2n) is 2.86. The molecule has 1 aromatic rings. The maximum absolute atomic E-state index is 10.6. The van der Waals surface area contributed by atoms with Crippen molar-refractivity contribution in [3.63, 3.8) is 0 Å². The van der Waals surface area contributed by atoms with E-state index in [2.05, 4.69) is 5.10 Å². The Bertz CT molecular complexity index is 339. The molecule has 0 saturated heterocycles. The zero-order valence-electron chi connectivity index (χ0n) is 7.88. The molecule has 1 heterocycles. The largest absolute Gasteiger partial charge is 0.395 e. The van der Waals surface area contributed by atoms with Crippen molar-refractivity contribution in [3.05, 3.63) is 16.3 Å². The molecule has 0 aromatic carbocycles. The maximum atomic E-state index is 10.6. The summed E-state index contributed by atoms with van der Waals surface area (Å²) in [6, 6.07) is 0. The van der Waals surface area contributed by atoms with Crippen molar-refractivity contribution in [2.45, 2.75) is 17.2 Å². The van der Waals surface area contributed by atoms with E-state index in [1.54, 1.807) is 14.0 Å². The second kappa shape index (κ2) is 4.43. The van der Waals surface area contributed by atoms with Crippen LogP contribution in [0.25, 0.3) is 0 Å². The van der Waals surface area contributed by atoms with Crippen molar-refractivity contribution >= 4 is 17.4 Å². The van der Waals surface area contributed by atoms with E-state index in [4.69, 9.17) is 5.11 Å². The Morgan fingerprint density at radius 1 is 1.86 bits per heavy atom. The topological polar surface area (TPSA) is 81.2 Å². The molecule has 0 bridgehead atoms. The van der Waals surface area contributed by atoms with Crippen LogP contribution in [0.4, 0.5) is 5.69 Å². The monoisotopic (exact) mass is 217 g/mol. The van der Waals surface area contributed by atoms with Crippen LogP contribution >= 0.6 is 11.8 Å². The molecule has 14 heavy (non-hydrogen) atoms. The number of aromatic nitrogens is 2. The Hall–Kier alpha value is -1.08. The molecule has 0 fully saturated rings. The molecule has 1 atom stereocenters. The van der Waals surface area contributed by atoms with Crippen molar-refractivity contribution in [2.24, 2.45) is 7.05 Å². The number of aliphatic hydroxyl groups excluding tert-OH is 1. The molecule has 0 radical (unpaired) electrons. The predicted octanol–water partition coefficient (Wildman–Crippen LogP) is 0.801. The summed E-state index contributed by atoms with van der Waals surface area (Å²) >= 11 is 1.20. The number of rotatable bonds is 4. The molecule has 1 unspecified atom stereocenters. The van der Waals surface area contributed by atoms with Gasteiger partial charge in [0.2, 0.25) is 0 Å². The van der Waals surface area contributed by atoms with Crippen LogP contribution in [0.2, 0.25) is 0 Å². The summed E-state index contributed by atoms with van der Waals surface area (Å²) in [5.74, 6) is 0. The fourth-order valence-electron chi connectivity index (χ4n) is 0.893. The summed E-state index contributed by atoms with van der Waals surface area (Å²) in [5.41, 5.74) is -0.0159. The zero-order chi connectivity index (χ0) is 10.7. The van der Waals surface area contributed by atoms with E-state index in [0.29, 0.717) is 5.03 Å². The standard InChI is InChI=1S/C7H11N3O3S/c1-5(4-11)14-7-6(10(12)13)3-9(2)8-7/h3,5,11H,4H2,1-2H3. The van der Waals surface area contributed by atoms with Gasteiger partial charge < -0.3 is 5.11 Å². The van der Waals surface area contributed by atoms with Gasteiger partial charge in [0.1, 0.15) is 6.20 Å². The molecule has 1 rings (SSSR count). The number of hydrogen-bond donors (Lipinski definition) is 1. The fraction of sp³-hybridized carbons (Fsp3) is 0.571. The van der Waals surface area contributed by atoms with Crippen LogP contribution in [0.3, 0.4) is 0 Å². The molecule has 0 aliphatic rings. The minimum absolute atomic E-state index is 0.0159. The van der Waals surface area contributed by atoms with E-state index in [-0.39, 0.29) is 17.5 Å². The third kappa shape index (κ3) is 2.46. The van der Waals surface area contributed by atoms with Crippen LogP contribution < -0.4 is 0 Å². The summed E-state index contributed by atoms with van der Waals surface area (Å²) < 4.78 is 1.39. The van der Waals surface area contributed by atoms with Crippen molar-refractivity contribution in [1.29, 1.82) is 0 Å². The lowest BCUT2D eigenvalue weighted by atomic mass is 10.5. The van der Waals surface area contributed by atoms with Gasteiger partial charge in [-0.05, 0) is 0 Å². The maximum Gasteiger partial charge on any atom is 0.320 e. The molecule has 1 aromatic heterocycles. The molecule has 0 aliphatic heterocycles. The highest BCUT2D eigenvalue weighted by molar-refractivity contribution is 8.00. The second-order valence-corrected chi connectivity index (χ2v) is 4.29. The smallest absolute Gasteiger partial charge is 0.320 e. The normalized spacial score (nSPS) is 12.8. The van der Waals surface area contributed by atoms with Crippen molar-refractivity contribution in [1.82, 2.24) is 9.78 Å². The molecular formula is C7H11N3O3S. The van der Waals surface area contributed by atoms with E-state index in [1.165, 1.54) is 22.6 Å². The van der Waals surface area contributed by atoms with Crippen molar-refractivity contribution in [2.75, 3.05) is 6.61 Å². The van der Waals surface area contributed by atoms with Gasteiger partial charge in [-0.15, -0.1) is 0 Å². The molecular weight excluding hydrogens is 206 g/mol. The number of nitro groups is 1. The van der Waals surface area contributed by atoms with Gasteiger partial charge in [0.25, 0.3) is 0 Å². The third-order valence-electron chi connectivity index (χ3n) is 1.54. The van der Waals surface area contributed by atoms with Gasteiger partial charge in [-0.25, -0.2) is 0 Å².